The molecule has 0 aliphatic carbocycles. The summed E-state index contributed by atoms with van der Waals surface area (Å²) < 4.78 is 11.0. The van der Waals surface area contributed by atoms with Crippen LogP contribution in [-0.2, 0) is 0 Å². The molecule has 1 aromatic heterocycles. The van der Waals surface area contributed by atoms with Gasteiger partial charge in [-0.2, -0.15) is 0 Å². The zero-order chi connectivity index (χ0) is 14.1. The summed E-state index contributed by atoms with van der Waals surface area (Å²) in [5.41, 5.74) is 7.99. The van der Waals surface area contributed by atoms with E-state index in [2.05, 4.69) is 0 Å². The molecular formula is C16H14ClNO2. The summed E-state index contributed by atoms with van der Waals surface area (Å²) in [5, 5.41) is 1.60. The molecule has 2 N–H and O–H groups in total. The standard InChI is InChI=1S/C16H14ClNO2/c1-19-14-9-11(6-7-12(14)17)16(18)15-8-10-4-2-3-5-13(10)20-15/h2-9,16H,18H2,1H3. The van der Waals surface area contributed by atoms with Crippen molar-refractivity contribution in [3.8, 4) is 5.75 Å². The lowest BCUT2D eigenvalue weighted by molar-refractivity contribution is 0.414. The normalized spacial score (nSPS) is 12.6. The SMILES string of the molecule is COc1cc(C(N)c2cc3ccccc3o2)ccc1Cl. The highest BCUT2D eigenvalue weighted by Gasteiger charge is 2.15. The summed E-state index contributed by atoms with van der Waals surface area (Å²) in [6, 6.07) is 14.9. The molecule has 1 atom stereocenters. The summed E-state index contributed by atoms with van der Waals surface area (Å²) in [6.07, 6.45) is 0. The maximum atomic E-state index is 6.26. The highest BCUT2D eigenvalue weighted by atomic mass is 35.5. The van der Waals surface area contributed by atoms with E-state index >= 15 is 0 Å². The number of hydrogen-bond donors (Lipinski definition) is 1. The Kier molecular flexibility index (Phi) is 3.38. The van der Waals surface area contributed by atoms with Gasteiger partial charge in [0.2, 0.25) is 0 Å². The molecular weight excluding hydrogens is 274 g/mol. The molecule has 1 heterocycles. The van der Waals surface area contributed by atoms with E-state index < -0.39 is 0 Å². The van der Waals surface area contributed by atoms with Crippen molar-refractivity contribution in [2.45, 2.75) is 6.04 Å². The number of furan rings is 1. The first-order valence-corrected chi connectivity index (χ1v) is 6.64. The molecule has 3 aromatic rings. The molecule has 102 valence electrons. The third-order valence-corrected chi connectivity index (χ3v) is 3.60. The van der Waals surface area contributed by atoms with Crippen molar-refractivity contribution >= 4 is 22.6 Å². The number of methoxy groups -OCH3 is 1. The first-order chi connectivity index (χ1) is 9.69. The Bertz CT molecular complexity index is 718. The van der Waals surface area contributed by atoms with E-state index in [9.17, 15) is 0 Å². The minimum atomic E-state index is -0.353. The van der Waals surface area contributed by atoms with Crippen LogP contribution in [0, 0.1) is 0 Å². The number of rotatable bonds is 3. The molecule has 0 bridgehead atoms. The molecule has 3 nitrogen and oxygen atoms in total. The number of ether oxygens (including phenoxy) is 1. The van der Waals surface area contributed by atoms with Crippen LogP contribution in [-0.4, -0.2) is 7.11 Å². The van der Waals surface area contributed by atoms with E-state index in [0.717, 1.165) is 22.3 Å². The fourth-order valence-electron chi connectivity index (χ4n) is 2.19. The van der Waals surface area contributed by atoms with Gasteiger partial charge in [-0.05, 0) is 29.8 Å². The number of nitrogens with two attached hydrogens (primary N) is 1. The van der Waals surface area contributed by atoms with Gasteiger partial charge >= 0.3 is 0 Å². The van der Waals surface area contributed by atoms with Gasteiger partial charge in [0.1, 0.15) is 17.1 Å². The fourth-order valence-corrected chi connectivity index (χ4v) is 2.38. The van der Waals surface area contributed by atoms with E-state index in [1.165, 1.54) is 0 Å². The summed E-state index contributed by atoms with van der Waals surface area (Å²) in [6.45, 7) is 0. The maximum absolute atomic E-state index is 6.26. The molecule has 20 heavy (non-hydrogen) atoms. The maximum Gasteiger partial charge on any atom is 0.137 e. The van der Waals surface area contributed by atoms with Gasteiger partial charge in [0, 0.05) is 5.39 Å². The smallest absolute Gasteiger partial charge is 0.137 e. The zero-order valence-corrected chi connectivity index (χ0v) is 11.7. The molecule has 0 saturated heterocycles. The van der Waals surface area contributed by atoms with Gasteiger partial charge in [-0.25, -0.2) is 0 Å². The summed E-state index contributed by atoms with van der Waals surface area (Å²) in [7, 11) is 1.58. The van der Waals surface area contributed by atoms with Gasteiger partial charge in [-0.1, -0.05) is 35.9 Å². The molecule has 3 rings (SSSR count). The highest BCUT2D eigenvalue weighted by Crippen LogP contribution is 2.31. The number of fused-ring (bicyclic) bond motifs is 1. The van der Waals surface area contributed by atoms with Crippen LogP contribution < -0.4 is 10.5 Å². The van der Waals surface area contributed by atoms with Crippen LogP contribution in [0.1, 0.15) is 17.4 Å². The van der Waals surface area contributed by atoms with E-state index in [1.54, 1.807) is 13.2 Å². The van der Waals surface area contributed by atoms with Crippen LogP contribution in [0.15, 0.2) is 52.9 Å². The second-order valence-corrected chi connectivity index (χ2v) is 4.97. The third kappa shape index (κ3) is 2.26. The number of benzene rings is 2. The Morgan fingerprint density at radius 3 is 2.70 bits per heavy atom. The van der Waals surface area contributed by atoms with Gasteiger partial charge in [-0.15, -0.1) is 0 Å². The average Bonchev–Trinajstić information content (AvgIpc) is 2.91. The van der Waals surface area contributed by atoms with E-state index in [-0.39, 0.29) is 6.04 Å². The van der Waals surface area contributed by atoms with Crippen molar-refractivity contribution in [2.75, 3.05) is 7.11 Å². The Labute approximate surface area is 121 Å². The monoisotopic (exact) mass is 287 g/mol. The zero-order valence-electron chi connectivity index (χ0n) is 11.0. The van der Waals surface area contributed by atoms with Gasteiger partial charge in [0.25, 0.3) is 0 Å². The first kappa shape index (κ1) is 13.0. The molecule has 0 spiro atoms. The summed E-state index contributed by atoms with van der Waals surface area (Å²) >= 11 is 6.02. The van der Waals surface area contributed by atoms with Crippen molar-refractivity contribution in [2.24, 2.45) is 5.73 Å². The molecule has 0 aliphatic heterocycles. The minimum absolute atomic E-state index is 0.353. The Hall–Kier alpha value is -1.97. The summed E-state index contributed by atoms with van der Waals surface area (Å²) in [4.78, 5) is 0. The lowest BCUT2D eigenvalue weighted by Crippen LogP contribution is -2.10. The topological polar surface area (TPSA) is 48.4 Å². The van der Waals surface area contributed by atoms with Crippen LogP contribution in [0.3, 0.4) is 0 Å². The largest absolute Gasteiger partial charge is 0.495 e. The highest BCUT2D eigenvalue weighted by molar-refractivity contribution is 6.32. The second kappa shape index (κ2) is 5.19. The van der Waals surface area contributed by atoms with Crippen molar-refractivity contribution in [3.05, 3.63) is 64.9 Å². The predicted molar refractivity (Wildman–Crippen MR) is 80.2 cm³/mol. The van der Waals surface area contributed by atoms with Gasteiger partial charge in [0.05, 0.1) is 18.2 Å². The van der Waals surface area contributed by atoms with Crippen molar-refractivity contribution in [3.63, 3.8) is 0 Å². The van der Waals surface area contributed by atoms with Crippen LogP contribution in [0.5, 0.6) is 5.75 Å². The number of hydrogen-bond acceptors (Lipinski definition) is 3. The van der Waals surface area contributed by atoms with Gasteiger partial charge in [0.15, 0.2) is 0 Å². The fraction of sp³-hybridized carbons (Fsp3) is 0.125. The molecule has 0 fully saturated rings. The quantitative estimate of drug-likeness (QED) is 0.787. The predicted octanol–water partition coefficient (Wildman–Crippen LogP) is 4.14. The molecule has 0 amide bonds. The van der Waals surface area contributed by atoms with Crippen LogP contribution in [0.2, 0.25) is 5.02 Å². The number of halogens is 1. The van der Waals surface area contributed by atoms with Gasteiger partial charge < -0.3 is 14.9 Å². The van der Waals surface area contributed by atoms with Crippen LogP contribution >= 0.6 is 11.6 Å². The van der Waals surface area contributed by atoms with E-state index in [0.29, 0.717) is 10.8 Å². The lowest BCUT2D eigenvalue weighted by atomic mass is 10.0. The van der Waals surface area contributed by atoms with Gasteiger partial charge in [-0.3, -0.25) is 0 Å². The number of para-hydroxylation sites is 1. The Morgan fingerprint density at radius 2 is 1.95 bits per heavy atom. The van der Waals surface area contributed by atoms with E-state index in [4.69, 9.17) is 26.5 Å². The molecule has 0 saturated carbocycles. The Balaban J connectivity index is 2.01. The van der Waals surface area contributed by atoms with Crippen LogP contribution in [0.4, 0.5) is 0 Å². The van der Waals surface area contributed by atoms with Crippen LogP contribution in [0.25, 0.3) is 11.0 Å². The molecule has 4 heteroatoms. The molecule has 1 unspecified atom stereocenters. The van der Waals surface area contributed by atoms with Crippen molar-refractivity contribution in [1.29, 1.82) is 0 Å². The second-order valence-electron chi connectivity index (χ2n) is 4.56. The molecule has 2 aromatic carbocycles. The van der Waals surface area contributed by atoms with Crippen molar-refractivity contribution < 1.29 is 9.15 Å². The van der Waals surface area contributed by atoms with E-state index in [1.807, 2.05) is 42.5 Å². The first-order valence-electron chi connectivity index (χ1n) is 6.26. The lowest BCUT2D eigenvalue weighted by Gasteiger charge is -2.11. The molecule has 0 aliphatic rings. The Morgan fingerprint density at radius 1 is 1.15 bits per heavy atom. The third-order valence-electron chi connectivity index (χ3n) is 3.29. The minimum Gasteiger partial charge on any atom is -0.495 e. The van der Waals surface area contributed by atoms with Crippen molar-refractivity contribution in [1.82, 2.24) is 0 Å². The molecule has 0 radical (unpaired) electrons. The summed E-state index contributed by atoms with van der Waals surface area (Å²) in [5.74, 6) is 1.33. The average molecular weight is 288 g/mol.